The number of benzene rings is 2. The fourth-order valence-corrected chi connectivity index (χ4v) is 4.23. The van der Waals surface area contributed by atoms with Crippen molar-refractivity contribution in [1.29, 1.82) is 0 Å². The number of amides is 1. The lowest BCUT2D eigenvalue weighted by molar-refractivity contribution is -0.124. The second-order valence-electron chi connectivity index (χ2n) is 7.84. The molecular weight excluding hydrogens is 437 g/mol. The van der Waals surface area contributed by atoms with Gasteiger partial charge in [-0.1, -0.05) is 29.3 Å². The monoisotopic (exact) mass is 463 g/mol. The Morgan fingerprint density at radius 3 is 2.48 bits per heavy atom. The quantitative estimate of drug-likeness (QED) is 0.718. The lowest BCUT2D eigenvalue weighted by atomic mass is 10.1. The predicted octanol–water partition coefficient (Wildman–Crippen LogP) is 4.23. The molecule has 4 rings (SSSR count). The van der Waals surface area contributed by atoms with Crippen molar-refractivity contribution in [3.63, 3.8) is 0 Å². The zero-order valence-electron chi connectivity index (χ0n) is 17.5. The Morgan fingerprint density at radius 2 is 1.77 bits per heavy atom. The normalized spacial score (nSPS) is 21.0. The van der Waals surface area contributed by atoms with E-state index in [2.05, 4.69) is 15.1 Å². The van der Waals surface area contributed by atoms with Gasteiger partial charge in [0, 0.05) is 37.6 Å². The maximum absolute atomic E-state index is 12.9. The first-order chi connectivity index (χ1) is 15.0. The van der Waals surface area contributed by atoms with Crippen LogP contribution in [0.25, 0.3) is 0 Å². The summed E-state index contributed by atoms with van der Waals surface area (Å²) in [6.45, 7) is 7.06. The molecule has 0 spiro atoms. The van der Waals surface area contributed by atoms with Gasteiger partial charge in [0.25, 0.3) is 0 Å². The topological polar surface area (TPSA) is 54.0 Å². The SMILES string of the molecule is CC(C(=O)Nc1ccc(N2CCOCC2)cc1)N1CCOC(c2ccc(Cl)c(Cl)c2)C1. The van der Waals surface area contributed by atoms with E-state index in [-0.39, 0.29) is 18.1 Å². The highest BCUT2D eigenvalue weighted by Crippen LogP contribution is 2.29. The molecule has 2 atom stereocenters. The maximum atomic E-state index is 12.9. The van der Waals surface area contributed by atoms with Crippen molar-refractivity contribution in [1.82, 2.24) is 4.90 Å². The summed E-state index contributed by atoms with van der Waals surface area (Å²) in [5, 5.41) is 4.06. The molecule has 2 saturated heterocycles. The van der Waals surface area contributed by atoms with Gasteiger partial charge in [0.05, 0.1) is 42.0 Å². The summed E-state index contributed by atoms with van der Waals surface area (Å²) in [4.78, 5) is 17.3. The van der Waals surface area contributed by atoms with E-state index < -0.39 is 0 Å². The van der Waals surface area contributed by atoms with E-state index in [1.165, 1.54) is 0 Å². The van der Waals surface area contributed by atoms with E-state index in [9.17, 15) is 4.79 Å². The van der Waals surface area contributed by atoms with Crippen LogP contribution in [0.5, 0.6) is 0 Å². The maximum Gasteiger partial charge on any atom is 0.241 e. The molecule has 2 aliphatic heterocycles. The summed E-state index contributed by atoms with van der Waals surface area (Å²) in [5.41, 5.74) is 2.90. The standard InChI is InChI=1S/C23H27Cl2N3O3/c1-16(28-10-13-31-22(15-28)17-2-7-20(24)21(25)14-17)23(29)26-18-3-5-19(6-4-18)27-8-11-30-12-9-27/h2-7,14,16,22H,8-13,15H2,1H3,(H,26,29). The van der Waals surface area contributed by atoms with Crippen LogP contribution in [0.2, 0.25) is 10.0 Å². The summed E-state index contributed by atoms with van der Waals surface area (Å²) in [5.74, 6) is -0.0334. The summed E-state index contributed by atoms with van der Waals surface area (Å²) >= 11 is 12.2. The van der Waals surface area contributed by atoms with E-state index in [4.69, 9.17) is 32.7 Å². The highest BCUT2D eigenvalue weighted by atomic mass is 35.5. The Balaban J connectivity index is 1.35. The molecule has 0 aliphatic carbocycles. The van der Waals surface area contributed by atoms with Crippen LogP contribution < -0.4 is 10.2 Å². The number of rotatable bonds is 5. The highest BCUT2D eigenvalue weighted by molar-refractivity contribution is 6.42. The predicted molar refractivity (Wildman–Crippen MR) is 124 cm³/mol. The summed E-state index contributed by atoms with van der Waals surface area (Å²) in [6.07, 6.45) is -0.147. The van der Waals surface area contributed by atoms with Gasteiger partial charge in [0.2, 0.25) is 5.91 Å². The van der Waals surface area contributed by atoms with E-state index in [0.717, 1.165) is 43.2 Å². The lowest BCUT2D eigenvalue weighted by Gasteiger charge is -2.36. The Kier molecular flexibility index (Phi) is 7.35. The van der Waals surface area contributed by atoms with Crippen LogP contribution in [-0.4, -0.2) is 62.8 Å². The van der Waals surface area contributed by atoms with Crippen LogP contribution in [0, 0.1) is 0 Å². The zero-order chi connectivity index (χ0) is 21.8. The number of halogens is 2. The van der Waals surface area contributed by atoms with E-state index in [1.54, 1.807) is 6.07 Å². The first-order valence-electron chi connectivity index (χ1n) is 10.6. The van der Waals surface area contributed by atoms with Gasteiger partial charge in [0.15, 0.2) is 0 Å². The van der Waals surface area contributed by atoms with E-state index in [0.29, 0.717) is 29.7 Å². The van der Waals surface area contributed by atoms with E-state index >= 15 is 0 Å². The average Bonchev–Trinajstić information content (AvgIpc) is 2.81. The number of morpholine rings is 2. The van der Waals surface area contributed by atoms with Crippen LogP contribution in [-0.2, 0) is 14.3 Å². The van der Waals surface area contributed by atoms with Crippen LogP contribution in [0.4, 0.5) is 11.4 Å². The number of hydrogen-bond donors (Lipinski definition) is 1. The molecule has 1 N–H and O–H groups in total. The molecule has 2 unspecified atom stereocenters. The van der Waals surface area contributed by atoms with Gasteiger partial charge in [-0.2, -0.15) is 0 Å². The summed E-state index contributed by atoms with van der Waals surface area (Å²) in [6, 6.07) is 13.2. The van der Waals surface area contributed by atoms with E-state index in [1.807, 2.05) is 43.3 Å². The smallest absolute Gasteiger partial charge is 0.241 e. The molecule has 2 aromatic rings. The molecule has 2 heterocycles. The minimum Gasteiger partial charge on any atom is -0.378 e. The molecule has 2 fully saturated rings. The molecular formula is C23H27Cl2N3O3. The molecule has 0 radical (unpaired) electrons. The third kappa shape index (κ3) is 5.51. The number of anilines is 2. The fourth-order valence-electron chi connectivity index (χ4n) is 3.92. The first kappa shape index (κ1) is 22.4. The Hall–Kier alpha value is -1.83. The molecule has 166 valence electrons. The van der Waals surface area contributed by atoms with Gasteiger partial charge in [0.1, 0.15) is 0 Å². The lowest BCUT2D eigenvalue weighted by Crippen LogP contribution is -2.48. The van der Waals surface area contributed by atoms with Crippen LogP contribution in [0.3, 0.4) is 0 Å². The van der Waals surface area contributed by atoms with Crippen molar-refractivity contribution in [2.24, 2.45) is 0 Å². The fraction of sp³-hybridized carbons (Fsp3) is 0.435. The molecule has 2 aromatic carbocycles. The minimum atomic E-state index is -0.284. The van der Waals surface area contributed by atoms with Gasteiger partial charge in [-0.25, -0.2) is 0 Å². The number of ether oxygens (including phenoxy) is 2. The van der Waals surface area contributed by atoms with Crippen molar-refractivity contribution >= 4 is 40.5 Å². The molecule has 2 aliphatic rings. The number of nitrogens with one attached hydrogen (secondary N) is 1. The highest BCUT2D eigenvalue weighted by Gasteiger charge is 2.29. The zero-order valence-corrected chi connectivity index (χ0v) is 19.0. The van der Waals surface area contributed by atoms with Gasteiger partial charge in [-0.3, -0.25) is 9.69 Å². The van der Waals surface area contributed by atoms with Crippen LogP contribution >= 0.6 is 23.2 Å². The Bertz CT molecular complexity index is 903. The van der Waals surface area contributed by atoms with Gasteiger partial charge >= 0.3 is 0 Å². The number of carbonyl (C=O) groups excluding carboxylic acids is 1. The molecule has 0 saturated carbocycles. The van der Waals surface area contributed by atoms with Crippen molar-refractivity contribution < 1.29 is 14.3 Å². The van der Waals surface area contributed by atoms with Crippen molar-refractivity contribution in [3.8, 4) is 0 Å². The Morgan fingerprint density at radius 1 is 1.03 bits per heavy atom. The summed E-state index contributed by atoms with van der Waals surface area (Å²) in [7, 11) is 0. The molecule has 31 heavy (non-hydrogen) atoms. The third-order valence-corrected chi connectivity index (χ3v) is 6.59. The molecule has 0 bridgehead atoms. The largest absolute Gasteiger partial charge is 0.378 e. The second-order valence-corrected chi connectivity index (χ2v) is 8.65. The molecule has 1 amide bonds. The molecule has 6 nitrogen and oxygen atoms in total. The molecule has 0 aromatic heterocycles. The van der Waals surface area contributed by atoms with Crippen LogP contribution in [0.15, 0.2) is 42.5 Å². The first-order valence-corrected chi connectivity index (χ1v) is 11.3. The van der Waals surface area contributed by atoms with Gasteiger partial charge in [-0.05, 0) is 48.9 Å². The van der Waals surface area contributed by atoms with Crippen LogP contribution in [0.1, 0.15) is 18.6 Å². The van der Waals surface area contributed by atoms with Crippen molar-refractivity contribution in [2.75, 3.05) is 56.2 Å². The number of carbonyl (C=O) groups is 1. The number of nitrogens with zero attached hydrogens (tertiary/aromatic N) is 2. The molecule has 8 heteroatoms. The number of hydrogen-bond acceptors (Lipinski definition) is 5. The summed E-state index contributed by atoms with van der Waals surface area (Å²) < 4.78 is 11.3. The second kappa shape index (κ2) is 10.2. The van der Waals surface area contributed by atoms with Gasteiger partial charge in [-0.15, -0.1) is 0 Å². The Labute approximate surface area is 193 Å². The van der Waals surface area contributed by atoms with Gasteiger partial charge < -0.3 is 19.7 Å². The minimum absolute atomic E-state index is 0.0334. The van der Waals surface area contributed by atoms with Crippen molar-refractivity contribution in [3.05, 3.63) is 58.1 Å². The average molecular weight is 464 g/mol. The third-order valence-electron chi connectivity index (χ3n) is 5.85. The van der Waals surface area contributed by atoms with Crippen molar-refractivity contribution in [2.45, 2.75) is 19.1 Å².